The first-order chi connectivity index (χ1) is 26.5. The fourth-order valence-electron chi connectivity index (χ4n) is 8.57. The summed E-state index contributed by atoms with van der Waals surface area (Å²) in [6, 6.07) is 62.1. The third-order valence-corrected chi connectivity index (χ3v) is 11.2. The molecular formula is C52H44N2. The van der Waals surface area contributed by atoms with Gasteiger partial charge in [0.2, 0.25) is 0 Å². The van der Waals surface area contributed by atoms with E-state index in [9.17, 15) is 0 Å². The molecule has 1 aliphatic rings. The molecule has 1 aliphatic carbocycles. The first-order valence-corrected chi connectivity index (χ1v) is 19.1. The molecule has 0 spiro atoms. The lowest BCUT2D eigenvalue weighted by atomic mass is 9.82. The predicted molar refractivity (Wildman–Crippen MR) is 231 cm³/mol. The van der Waals surface area contributed by atoms with E-state index in [1.807, 2.05) is 0 Å². The Hall–Kier alpha value is -6.38. The van der Waals surface area contributed by atoms with Gasteiger partial charge in [-0.3, -0.25) is 0 Å². The molecule has 0 amide bonds. The molecule has 2 heteroatoms. The predicted octanol–water partition coefficient (Wildman–Crippen LogP) is 13.9. The summed E-state index contributed by atoms with van der Waals surface area (Å²) in [5.74, 6) is 0. The molecule has 0 N–H and O–H groups in total. The van der Waals surface area contributed by atoms with Crippen LogP contribution in [0, 0.1) is 0 Å². The van der Waals surface area contributed by atoms with Gasteiger partial charge in [0.05, 0.1) is 11.0 Å². The van der Waals surface area contributed by atoms with Crippen molar-refractivity contribution in [2.75, 3.05) is 11.4 Å². The van der Waals surface area contributed by atoms with Crippen molar-refractivity contribution in [3.63, 3.8) is 0 Å². The molecule has 0 unspecified atom stereocenters. The van der Waals surface area contributed by atoms with Crippen molar-refractivity contribution in [2.24, 2.45) is 0 Å². The maximum Gasteiger partial charge on any atom is 0.0541 e. The normalized spacial score (nSPS) is 13.4. The number of nitrogens with zero attached hydrogens (tertiary/aromatic N) is 2. The Morgan fingerprint density at radius 1 is 0.574 bits per heavy atom. The van der Waals surface area contributed by atoms with Crippen LogP contribution in [-0.4, -0.2) is 11.1 Å². The molecule has 0 aliphatic heterocycles. The molecule has 0 atom stereocenters. The van der Waals surface area contributed by atoms with Gasteiger partial charge < -0.3 is 9.47 Å². The zero-order valence-electron chi connectivity index (χ0n) is 31.2. The lowest BCUT2D eigenvalue weighted by molar-refractivity contribution is 0.660. The second-order valence-electron chi connectivity index (χ2n) is 14.8. The van der Waals surface area contributed by atoms with Gasteiger partial charge in [-0.15, -0.1) is 0 Å². The summed E-state index contributed by atoms with van der Waals surface area (Å²) < 4.78 is 2.38. The SMILES string of the molecule is C/C=C\C(=C/CCN(c1cccc(-c2ccccc2)c1)c1ccc2c(c1)C(C)(C)c1ccccc1-2)c1ccc2c(c1)c1ccccc1n2-c1ccccc1. The first-order valence-electron chi connectivity index (χ1n) is 19.1. The molecule has 9 rings (SSSR count). The first kappa shape index (κ1) is 33.5. The molecule has 262 valence electrons. The van der Waals surface area contributed by atoms with Crippen molar-refractivity contribution < 1.29 is 0 Å². The molecule has 2 nitrogen and oxygen atoms in total. The van der Waals surface area contributed by atoms with Crippen LogP contribution in [0.2, 0.25) is 0 Å². The largest absolute Gasteiger partial charge is 0.341 e. The van der Waals surface area contributed by atoms with Crippen LogP contribution < -0.4 is 4.90 Å². The molecule has 0 saturated carbocycles. The standard InChI is InChI=1S/C52H44N2/c1-4-17-37(40-29-32-51-47(35-40)46-26-12-14-28-50(46)54(51)41-22-9-6-10-23-41)21-16-33-53(42-24-15-20-39(34-42)38-18-7-5-8-19-38)43-30-31-45-44-25-11-13-27-48(44)52(2,3)49(45)36-43/h4-15,17-32,34-36H,16,33H2,1-3H3/b17-4-,37-21+. The molecule has 0 radical (unpaired) electrons. The molecule has 8 aromatic rings. The van der Waals surface area contributed by atoms with Gasteiger partial charge in [-0.25, -0.2) is 0 Å². The number of para-hydroxylation sites is 2. The van der Waals surface area contributed by atoms with Crippen molar-refractivity contribution in [3.8, 4) is 27.9 Å². The van der Waals surface area contributed by atoms with Crippen LogP contribution in [0.5, 0.6) is 0 Å². The Balaban J connectivity index is 1.10. The van der Waals surface area contributed by atoms with Gasteiger partial charge in [-0.2, -0.15) is 0 Å². The summed E-state index contributed by atoms with van der Waals surface area (Å²) in [6.45, 7) is 7.67. The average molecular weight is 697 g/mol. The summed E-state index contributed by atoms with van der Waals surface area (Å²) in [5, 5.41) is 2.53. The molecular weight excluding hydrogens is 653 g/mol. The van der Waals surface area contributed by atoms with E-state index in [-0.39, 0.29) is 5.41 Å². The highest BCUT2D eigenvalue weighted by Crippen LogP contribution is 2.50. The fourth-order valence-corrected chi connectivity index (χ4v) is 8.57. The lowest BCUT2D eigenvalue weighted by Crippen LogP contribution is -2.20. The molecule has 1 aromatic heterocycles. The second-order valence-corrected chi connectivity index (χ2v) is 14.8. The third kappa shape index (κ3) is 5.85. The van der Waals surface area contributed by atoms with Gasteiger partial charge in [0, 0.05) is 39.8 Å². The van der Waals surface area contributed by atoms with Crippen LogP contribution >= 0.6 is 0 Å². The van der Waals surface area contributed by atoms with Crippen molar-refractivity contribution in [3.05, 3.63) is 205 Å². The highest BCUT2D eigenvalue weighted by atomic mass is 15.1. The average Bonchev–Trinajstić information content (AvgIpc) is 3.67. The van der Waals surface area contributed by atoms with Crippen LogP contribution in [0.1, 0.15) is 43.9 Å². The van der Waals surface area contributed by atoms with E-state index in [1.165, 1.54) is 83.4 Å². The van der Waals surface area contributed by atoms with Crippen molar-refractivity contribution in [2.45, 2.75) is 32.6 Å². The number of benzene rings is 7. The number of anilines is 2. The van der Waals surface area contributed by atoms with Gasteiger partial charge in [-0.1, -0.05) is 147 Å². The van der Waals surface area contributed by atoms with Crippen LogP contribution in [0.25, 0.3) is 55.3 Å². The fraction of sp³-hybridized carbons (Fsp3) is 0.115. The summed E-state index contributed by atoms with van der Waals surface area (Å²) in [5.41, 5.74) is 16.4. The summed E-state index contributed by atoms with van der Waals surface area (Å²) in [6.07, 6.45) is 7.70. The van der Waals surface area contributed by atoms with Crippen LogP contribution in [0.4, 0.5) is 11.4 Å². The van der Waals surface area contributed by atoms with Crippen LogP contribution in [0.15, 0.2) is 188 Å². The van der Waals surface area contributed by atoms with Crippen LogP contribution in [0.3, 0.4) is 0 Å². The molecule has 1 heterocycles. The van der Waals surface area contributed by atoms with Gasteiger partial charge in [0.25, 0.3) is 0 Å². The second kappa shape index (κ2) is 13.9. The Morgan fingerprint density at radius 3 is 2.09 bits per heavy atom. The monoisotopic (exact) mass is 696 g/mol. The maximum absolute atomic E-state index is 2.51. The highest BCUT2D eigenvalue weighted by molar-refractivity contribution is 6.10. The smallest absolute Gasteiger partial charge is 0.0541 e. The maximum atomic E-state index is 2.51. The van der Waals surface area contributed by atoms with Gasteiger partial charge in [-0.05, 0) is 112 Å². The van der Waals surface area contributed by atoms with Crippen molar-refractivity contribution in [1.29, 1.82) is 0 Å². The topological polar surface area (TPSA) is 8.17 Å². The van der Waals surface area contributed by atoms with Crippen LogP contribution in [-0.2, 0) is 5.41 Å². The number of rotatable bonds is 9. The molecule has 0 fully saturated rings. The van der Waals surface area contributed by atoms with E-state index in [2.05, 4.69) is 218 Å². The van der Waals surface area contributed by atoms with Gasteiger partial charge in [0.1, 0.15) is 0 Å². The Labute approximate surface area is 319 Å². The number of aromatic nitrogens is 1. The van der Waals surface area contributed by atoms with E-state index in [1.54, 1.807) is 0 Å². The van der Waals surface area contributed by atoms with Crippen molar-refractivity contribution in [1.82, 2.24) is 4.57 Å². The zero-order valence-corrected chi connectivity index (χ0v) is 31.2. The molecule has 0 saturated heterocycles. The third-order valence-electron chi connectivity index (χ3n) is 11.2. The molecule has 54 heavy (non-hydrogen) atoms. The summed E-state index contributed by atoms with van der Waals surface area (Å²) in [7, 11) is 0. The summed E-state index contributed by atoms with van der Waals surface area (Å²) >= 11 is 0. The minimum absolute atomic E-state index is 0.0687. The number of allylic oxidation sites excluding steroid dienone is 3. The Morgan fingerprint density at radius 2 is 1.26 bits per heavy atom. The Bertz CT molecular complexity index is 2690. The van der Waals surface area contributed by atoms with E-state index in [4.69, 9.17) is 0 Å². The number of hydrogen-bond acceptors (Lipinski definition) is 1. The zero-order chi connectivity index (χ0) is 36.6. The Kier molecular flexibility index (Phi) is 8.60. The van der Waals surface area contributed by atoms with Crippen molar-refractivity contribution >= 4 is 38.8 Å². The van der Waals surface area contributed by atoms with E-state index >= 15 is 0 Å². The highest BCUT2D eigenvalue weighted by Gasteiger charge is 2.35. The summed E-state index contributed by atoms with van der Waals surface area (Å²) in [4.78, 5) is 2.51. The van der Waals surface area contributed by atoms with Gasteiger partial charge >= 0.3 is 0 Å². The minimum Gasteiger partial charge on any atom is -0.341 e. The van der Waals surface area contributed by atoms with Gasteiger partial charge in [0.15, 0.2) is 0 Å². The van der Waals surface area contributed by atoms with E-state index in [0.717, 1.165) is 13.0 Å². The minimum atomic E-state index is -0.0687. The lowest BCUT2D eigenvalue weighted by Gasteiger charge is -2.28. The van der Waals surface area contributed by atoms with E-state index < -0.39 is 0 Å². The molecule has 7 aromatic carbocycles. The number of hydrogen-bond donors (Lipinski definition) is 0. The molecule has 0 bridgehead atoms. The van der Waals surface area contributed by atoms with E-state index in [0.29, 0.717) is 0 Å². The quantitative estimate of drug-likeness (QED) is 0.136. The number of fused-ring (bicyclic) bond motifs is 6.